The van der Waals surface area contributed by atoms with Crippen LogP contribution in [0.2, 0.25) is 0 Å². The Morgan fingerprint density at radius 1 is 1.50 bits per heavy atom. The van der Waals surface area contributed by atoms with Gasteiger partial charge in [-0.2, -0.15) is 0 Å². The molecule has 0 saturated heterocycles. The molecule has 0 aliphatic carbocycles. The van der Waals surface area contributed by atoms with Crippen LogP contribution in [-0.2, 0) is 9.59 Å². The number of rotatable bonds is 3. The minimum Gasteiger partial charge on any atom is -0.477 e. The van der Waals surface area contributed by atoms with Gasteiger partial charge >= 0.3 is 5.97 Å². The van der Waals surface area contributed by atoms with E-state index in [1.54, 1.807) is 6.07 Å². The van der Waals surface area contributed by atoms with E-state index in [4.69, 9.17) is 9.52 Å². The lowest BCUT2D eigenvalue weighted by molar-refractivity contribution is -0.134. The van der Waals surface area contributed by atoms with E-state index in [1.807, 2.05) is 0 Å². The Bertz CT molecular complexity index is 445. The average Bonchev–Trinajstić information content (AvgIpc) is 2.44. The highest BCUT2D eigenvalue weighted by molar-refractivity contribution is 9.13. The maximum atomic E-state index is 10.8. The summed E-state index contributed by atoms with van der Waals surface area (Å²) in [5.74, 6) is -1.39. The van der Waals surface area contributed by atoms with Crippen LogP contribution in [-0.4, -0.2) is 17.0 Å². The molecule has 7 heteroatoms. The Morgan fingerprint density at radius 3 is 2.50 bits per heavy atom. The second-order valence-electron chi connectivity index (χ2n) is 2.81. The maximum Gasteiger partial charge on any atom is 0.352 e. The first-order valence-corrected chi connectivity index (χ1v) is 5.66. The molecular weight excluding hydrogens is 346 g/mol. The van der Waals surface area contributed by atoms with E-state index in [0.717, 1.165) is 0 Å². The molecule has 0 fully saturated rings. The summed E-state index contributed by atoms with van der Waals surface area (Å²) in [6, 6.07) is 1.58. The number of aliphatic carboxylic acids is 1. The summed E-state index contributed by atoms with van der Waals surface area (Å²) in [5, 5.41) is 11.0. The van der Waals surface area contributed by atoms with E-state index in [1.165, 1.54) is 13.0 Å². The van der Waals surface area contributed by atoms with Gasteiger partial charge < -0.3 is 14.8 Å². The highest BCUT2D eigenvalue weighted by Gasteiger charge is 2.11. The first-order chi connectivity index (χ1) is 7.40. The lowest BCUT2D eigenvalue weighted by Crippen LogP contribution is -2.24. The Hall–Kier alpha value is -1.08. The van der Waals surface area contributed by atoms with Crippen molar-refractivity contribution in [2.45, 2.75) is 6.92 Å². The lowest BCUT2D eigenvalue weighted by atomic mass is 10.3. The van der Waals surface area contributed by atoms with Gasteiger partial charge in [0.1, 0.15) is 11.5 Å². The number of hydrogen-bond donors (Lipinski definition) is 2. The first-order valence-electron chi connectivity index (χ1n) is 4.07. The second kappa shape index (κ2) is 5.31. The molecule has 1 heterocycles. The summed E-state index contributed by atoms with van der Waals surface area (Å²) < 4.78 is 6.26. The Morgan fingerprint density at radius 2 is 2.12 bits per heavy atom. The predicted molar refractivity (Wildman–Crippen MR) is 63.5 cm³/mol. The summed E-state index contributed by atoms with van der Waals surface area (Å²) in [6.45, 7) is 1.23. The first kappa shape index (κ1) is 13.0. The molecule has 0 aliphatic rings. The molecule has 0 bridgehead atoms. The van der Waals surface area contributed by atoms with Crippen LogP contribution in [0.4, 0.5) is 0 Å². The van der Waals surface area contributed by atoms with Gasteiger partial charge in [-0.1, -0.05) is 0 Å². The summed E-state index contributed by atoms with van der Waals surface area (Å²) in [5.41, 5.74) is -0.249. The van der Waals surface area contributed by atoms with Gasteiger partial charge in [-0.25, -0.2) is 4.79 Å². The fraction of sp³-hybridized carbons (Fsp3) is 0.111. The SMILES string of the molecule is CC(=O)N/C(=C/c1cc(Br)c(Br)o1)C(=O)O. The highest BCUT2D eigenvalue weighted by Crippen LogP contribution is 2.27. The van der Waals surface area contributed by atoms with Gasteiger partial charge in [0, 0.05) is 13.0 Å². The quantitative estimate of drug-likeness (QED) is 0.818. The molecule has 5 nitrogen and oxygen atoms in total. The van der Waals surface area contributed by atoms with Crippen LogP contribution in [0.5, 0.6) is 0 Å². The standard InChI is InChI=1S/C9H7Br2NO4/c1-4(13)12-7(9(14)15)3-5-2-6(10)8(11)16-5/h2-3H,1H3,(H,12,13)(H,14,15)/b7-3+. The average molecular weight is 353 g/mol. The topological polar surface area (TPSA) is 79.5 Å². The van der Waals surface area contributed by atoms with Gasteiger partial charge in [-0.05, 0) is 37.9 Å². The molecule has 0 radical (unpaired) electrons. The normalized spacial score (nSPS) is 11.3. The van der Waals surface area contributed by atoms with E-state index in [0.29, 0.717) is 14.9 Å². The van der Waals surface area contributed by atoms with Gasteiger partial charge in [-0.3, -0.25) is 4.79 Å². The van der Waals surface area contributed by atoms with Gasteiger partial charge in [0.05, 0.1) is 4.47 Å². The number of nitrogens with one attached hydrogen (secondary N) is 1. The van der Waals surface area contributed by atoms with Gasteiger partial charge in [0.25, 0.3) is 0 Å². The van der Waals surface area contributed by atoms with Crippen LogP contribution in [0.1, 0.15) is 12.7 Å². The number of halogens is 2. The molecule has 0 spiro atoms. The van der Waals surface area contributed by atoms with Crippen molar-refractivity contribution in [1.82, 2.24) is 5.32 Å². The smallest absolute Gasteiger partial charge is 0.352 e. The van der Waals surface area contributed by atoms with E-state index in [2.05, 4.69) is 37.2 Å². The molecule has 0 saturated carbocycles. The van der Waals surface area contributed by atoms with Crippen molar-refractivity contribution in [3.63, 3.8) is 0 Å². The van der Waals surface area contributed by atoms with E-state index < -0.39 is 11.9 Å². The van der Waals surface area contributed by atoms with Crippen molar-refractivity contribution in [2.24, 2.45) is 0 Å². The van der Waals surface area contributed by atoms with Crippen molar-refractivity contribution in [2.75, 3.05) is 0 Å². The molecule has 1 amide bonds. The van der Waals surface area contributed by atoms with Crippen molar-refractivity contribution in [1.29, 1.82) is 0 Å². The van der Waals surface area contributed by atoms with Crippen LogP contribution in [0.25, 0.3) is 6.08 Å². The van der Waals surface area contributed by atoms with Gasteiger partial charge in [0.2, 0.25) is 5.91 Å². The van der Waals surface area contributed by atoms with E-state index in [-0.39, 0.29) is 5.70 Å². The molecule has 16 heavy (non-hydrogen) atoms. The van der Waals surface area contributed by atoms with Crippen molar-refractivity contribution < 1.29 is 19.1 Å². The largest absolute Gasteiger partial charge is 0.477 e. The zero-order valence-corrected chi connectivity index (χ0v) is 11.3. The highest BCUT2D eigenvalue weighted by atomic mass is 79.9. The number of amides is 1. The van der Waals surface area contributed by atoms with Crippen LogP contribution in [0, 0.1) is 0 Å². The monoisotopic (exact) mass is 351 g/mol. The molecule has 2 N–H and O–H groups in total. The van der Waals surface area contributed by atoms with Crippen molar-refractivity contribution >= 4 is 49.8 Å². The molecule has 1 aromatic heterocycles. The van der Waals surface area contributed by atoms with Crippen LogP contribution >= 0.6 is 31.9 Å². The molecule has 0 unspecified atom stereocenters. The van der Waals surface area contributed by atoms with Crippen LogP contribution < -0.4 is 5.32 Å². The number of carbonyl (C=O) groups is 2. The number of carbonyl (C=O) groups excluding carboxylic acids is 1. The zero-order valence-electron chi connectivity index (χ0n) is 8.08. The van der Waals surface area contributed by atoms with E-state index in [9.17, 15) is 9.59 Å². The number of carboxylic acid groups (broad SMARTS) is 1. The third-order valence-corrected chi connectivity index (χ3v) is 3.20. The maximum absolute atomic E-state index is 10.8. The number of hydrogen-bond acceptors (Lipinski definition) is 3. The predicted octanol–water partition coefficient (Wildman–Crippen LogP) is 2.37. The third kappa shape index (κ3) is 3.49. The molecule has 1 aromatic rings. The Kier molecular flexibility index (Phi) is 4.31. The van der Waals surface area contributed by atoms with Crippen LogP contribution in [0.3, 0.4) is 0 Å². The number of carboxylic acids is 1. The fourth-order valence-corrected chi connectivity index (χ4v) is 1.53. The minimum absolute atomic E-state index is 0.249. The molecule has 0 aromatic carbocycles. The molecular formula is C9H7Br2NO4. The van der Waals surface area contributed by atoms with Crippen molar-refractivity contribution in [3.8, 4) is 0 Å². The summed E-state index contributed by atoms with van der Waals surface area (Å²) in [6.07, 6.45) is 1.22. The molecule has 1 rings (SSSR count). The third-order valence-electron chi connectivity index (χ3n) is 1.49. The zero-order chi connectivity index (χ0) is 12.3. The summed E-state index contributed by atoms with van der Waals surface area (Å²) in [4.78, 5) is 21.5. The minimum atomic E-state index is -1.24. The summed E-state index contributed by atoms with van der Waals surface area (Å²) in [7, 11) is 0. The Labute approximate surface area is 108 Å². The van der Waals surface area contributed by atoms with Gasteiger partial charge in [0.15, 0.2) is 4.67 Å². The summed E-state index contributed by atoms with van der Waals surface area (Å²) >= 11 is 6.31. The van der Waals surface area contributed by atoms with Crippen molar-refractivity contribution in [3.05, 3.63) is 26.7 Å². The lowest BCUT2D eigenvalue weighted by Gasteiger charge is -2.00. The molecule has 0 atom stereocenters. The van der Waals surface area contributed by atoms with E-state index >= 15 is 0 Å². The van der Waals surface area contributed by atoms with Gasteiger partial charge in [-0.15, -0.1) is 0 Å². The fourth-order valence-electron chi connectivity index (χ4n) is 0.918. The Balaban J connectivity index is 3.02. The van der Waals surface area contributed by atoms with Crippen LogP contribution in [0.15, 0.2) is 25.3 Å². The molecule has 0 aliphatic heterocycles. The second-order valence-corrected chi connectivity index (χ2v) is 4.39. The molecule has 86 valence electrons. The number of furan rings is 1.